The number of benzene rings is 1. The average molecular weight is 262 g/mol. The zero-order chi connectivity index (χ0) is 11.5. The summed E-state index contributed by atoms with van der Waals surface area (Å²) < 4.78 is 13.6. The van der Waals surface area contributed by atoms with Gasteiger partial charge in [-0.05, 0) is 24.9 Å². The third-order valence-corrected chi connectivity index (χ3v) is 3.74. The van der Waals surface area contributed by atoms with Crippen molar-refractivity contribution in [2.45, 2.75) is 13.0 Å². The quantitative estimate of drug-likeness (QED) is 0.753. The van der Waals surface area contributed by atoms with Crippen molar-refractivity contribution in [3.8, 4) is 0 Å². The Morgan fingerprint density at radius 1 is 1.44 bits per heavy atom. The summed E-state index contributed by atoms with van der Waals surface area (Å²) >= 11 is 11.6. The summed E-state index contributed by atoms with van der Waals surface area (Å²) in [5.74, 6) is 0.941. The van der Waals surface area contributed by atoms with Gasteiger partial charge in [0.25, 0.3) is 0 Å². The minimum Gasteiger partial charge on any atom is -0.299 e. The fraction of sp³-hybridized carbons (Fsp3) is 0.500. The van der Waals surface area contributed by atoms with Crippen LogP contribution < -0.4 is 0 Å². The molecule has 1 aromatic carbocycles. The number of halogens is 3. The van der Waals surface area contributed by atoms with Crippen molar-refractivity contribution >= 4 is 23.2 Å². The van der Waals surface area contributed by atoms with Crippen LogP contribution in [0.4, 0.5) is 4.39 Å². The van der Waals surface area contributed by atoms with E-state index in [4.69, 9.17) is 23.2 Å². The molecule has 1 aliphatic heterocycles. The molecule has 1 aliphatic rings. The zero-order valence-corrected chi connectivity index (χ0v) is 10.4. The van der Waals surface area contributed by atoms with Crippen molar-refractivity contribution in [2.24, 2.45) is 5.92 Å². The Hall–Kier alpha value is -0.310. The number of nitrogens with zero attached hydrogens (tertiary/aromatic N) is 1. The molecule has 1 saturated heterocycles. The van der Waals surface area contributed by atoms with Crippen LogP contribution in [-0.2, 0) is 6.54 Å². The molecule has 16 heavy (non-hydrogen) atoms. The third-order valence-electron chi connectivity index (χ3n) is 3.01. The van der Waals surface area contributed by atoms with Gasteiger partial charge >= 0.3 is 0 Å². The van der Waals surface area contributed by atoms with Crippen LogP contribution >= 0.6 is 23.2 Å². The maximum atomic E-state index is 13.6. The minimum absolute atomic E-state index is 0.200. The van der Waals surface area contributed by atoms with E-state index in [9.17, 15) is 4.39 Å². The van der Waals surface area contributed by atoms with Gasteiger partial charge in [0.1, 0.15) is 5.82 Å². The van der Waals surface area contributed by atoms with Gasteiger partial charge in [0, 0.05) is 24.5 Å². The van der Waals surface area contributed by atoms with Gasteiger partial charge in [-0.2, -0.15) is 0 Å². The molecular weight excluding hydrogens is 248 g/mol. The molecule has 1 aromatic rings. The molecule has 88 valence electrons. The highest BCUT2D eigenvalue weighted by Gasteiger charge is 2.22. The van der Waals surface area contributed by atoms with Crippen molar-refractivity contribution in [3.63, 3.8) is 0 Å². The lowest BCUT2D eigenvalue weighted by atomic mass is 10.1. The van der Waals surface area contributed by atoms with Crippen molar-refractivity contribution in [3.05, 3.63) is 34.6 Å². The standard InChI is InChI=1S/C12H14Cl2FN/c13-6-9-4-5-16(7-9)8-10-2-1-3-11(14)12(10)15/h1-3,9H,4-8H2. The van der Waals surface area contributed by atoms with Crippen LogP contribution in [0.25, 0.3) is 0 Å². The largest absolute Gasteiger partial charge is 0.299 e. The first kappa shape index (κ1) is 12.2. The summed E-state index contributed by atoms with van der Waals surface area (Å²) in [5, 5.41) is 0.200. The lowest BCUT2D eigenvalue weighted by Gasteiger charge is -2.16. The van der Waals surface area contributed by atoms with Gasteiger partial charge in [-0.3, -0.25) is 4.90 Å². The normalized spacial score (nSPS) is 21.6. The molecule has 0 radical (unpaired) electrons. The van der Waals surface area contributed by atoms with Crippen LogP contribution in [0.2, 0.25) is 5.02 Å². The number of hydrogen-bond acceptors (Lipinski definition) is 1. The summed E-state index contributed by atoms with van der Waals surface area (Å²) in [6.45, 7) is 2.57. The highest BCUT2D eigenvalue weighted by Crippen LogP contribution is 2.23. The molecule has 1 nitrogen and oxygen atoms in total. The Bertz CT molecular complexity index is 370. The first-order valence-electron chi connectivity index (χ1n) is 5.42. The number of alkyl halides is 1. The molecule has 1 heterocycles. The van der Waals surface area contributed by atoms with Gasteiger partial charge in [-0.15, -0.1) is 11.6 Å². The van der Waals surface area contributed by atoms with E-state index in [1.165, 1.54) is 0 Å². The maximum Gasteiger partial charge on any atom is 0.146 e. The molecule has 0 aromatic heterocycles. The molecule has 1 fully saturated rings. The highest BCUT2D eigenvalue weighted by molar-refractivity contribution is 6.30. The van der Waals surface area contributed by atoms with Crippen molar-refractivity contribution in [1.82, 2.24) is 4.90 Å². The molecule has 0 bridgehead atoms. The van der Waals surface area contributed by atoms with Crippen LogP contribution in [0.15, 0.2) is 18.2 Å². The van der Waals surface area contributed by atoms with Crippen molar-refractivity contribution in [2.75, 3.05) is 19.0 Å². The maximum absolute atomic E-state index is 13.6. The molecule has 4 heteroatoms. The van der Waals surface area contributed by atoms with E-state index in [-0.39, 0.29) is 10.8 Å². The second-order valence-electron chi connectivity index (χ2n) is 4.26. The fourth-order valence-corrected chi connectivity index (χ4v) is 2.54. The van der Waals surface area contributed by atoms with Crippen molar-refractivity contribution < 1.29 is 4.39 Å². The first-order chi connectivity index (χ1) is 7.70. The van der Waals surface area contributed by atoms with E-state index < -0.39 is 0 Å². The molecule has 1 unspecified atom stereocenters. The number of rotatable bonds is 3. The minimum atomic E-state index is -0.293. The Balaban J connectivity index is 2.02. The summed E-state index contributed by atoms with van der Waals surface area (Å²) in [4.78, 5) is 2.22. The second kappa shape index (κ2) is 5.35. The van der Waals surface area contributed by atoms with Crippen LogP contribution in [0.1, 0.15) is 12.0 Å². The molecule has 1 atom stereocenters. The van der Waals surface area contributed by atoms with Crippen LogP contribution in [0.5, 0.6) is 0 Å². The van der Waals surface area contributed by atoms with Gasteiger partial charge in [0.2, 0.25) is 0 Å². The summed E-state index contributed by atoms with van der Waals surface area (Å²) in [5.41, 5.74) is 0.669. The zero-order valence-electron chi connectivity index (χ0n) is 8.93. The molecule has 0 N–H and O–H groups in total. The smallest absolute Gasteiger partial charge is 0.146 e. The van der Waals surface area contributed by atoms with Crippen LogP contribution in [0.3, 0.4) is 0 Å². The molecule has 0 aliphatic carbocycles. The monoisotopic (exact) mass is 261 g/mol. The molecule has 0 amide bonds. The number of hydrogen-bond donors (Lipinski definition) is 0. The Morgan fingerprint density at radius 2 is 2.25 bits per heavy atom. The summed E-state index contributed by atoms with van der Waals surface area (Å²) in [6.07, 6.45) is 1.10. The predicted octanol–water partition coefficient (Wildman–Crippen LogP) is 3.54. The third kappa shape index (κ3) is 2.68. The Labute approximate surface area is 105 Å². The number of likely N-dealkylation sites (tertiary alicyclic amines) is 1. The summed E-state index contributed by atoms with van der Waals surface area (Å²) in [6, 6.07) is 5.15. The molecule has 2 rings (SSSR count). The van der Waals surface area contributed by atoms with Gasteiger partial charge in [-0.1, -0.05) is 23.7 Å². The van der Waals surface area contributed by atoms with E-state index in [1.54, 1.807) is 18.2 Å². The van der Waals surface area contributed by atoms with Crippen molar-refractivity contribution in [1.29, 1.82) is 0 Å². The average Bonchev–Trinajstić information content (AvgIpc) is 2.73. The molecule has 0 spiro atoms. The van der Waals surface area contributed by atoms with Gasteiger partial charge in [-0.25, -0.2) is 4.39 Å². The predicted molar refractivity (Wildman–Crippen MR) is 65.5 cm³/mol. The van der Waals surface area contributed by atoms with Gasteiger partial charge in [0.05, 0.1) is 5.02 Å². The second-order valence-corrected chi connectivity index (χ2v) is 4.97. The Morgan fingerprint density at radius 3 is 2.94 bits per heavy atom. The topological polar surface area (TPSA) is 3.24 Å². The first-order valence-corrected chi connectivity index (χ1v) is 6.33. The van der Waals surface area contributed by atoms with E-state index in [0.717, 1.165) is 19.5 Å². The lowest BCUT2D eigenvalue weighted by Crippen LogP contribution is -2.21. The van der Waals surface area contributed by atoms with Gasteiger partial charge in [0.15, 0.2) is 0 Å². The van der Waals surface area contributed by atoms with Gasteiger partial charge < -0.3 is 0 Å². The Kier molecular flexibility index (Phi) is 4.06. The highest BCUT2D eigenvalue weighted by atomic mass is 35.5. The van der Waals surface area contributed by atoms with Crippen LogP contribution in [-0.4, -0.2) is 23.9 Å². The van der Waals surface area contributed by atoms with E-state index in [1.807, 2.05) is 0 Å². The molecular formula is C12H14Cl2FN. The lowest BCUT2D eigenvalue weighted by molar-refractivity contribution is 0.315. The van der Waals surface area contributed by atoms with E-state index in [0.29, 0.717) is 23.9 Å². The molecule has 0 saturated carbocycles. The summed E-state index contributed by atoms with van der Waals surface area (Å²) in [7, 11) is 0. The van der Waals surface area contributed by atoms with E-state index in [2.05, 4.69) is 4.90 Å². The van der Waals surface area contributed by atoms with Crippen LogP contribution in [0, 0.1) is 11.7 Å². The van der Waals surface area contributed by atoms with E-state index >= 15 is 0 Å². The SMILES string of the molecule is Fc1c(Cl)cccc1CN1CCC(CCl)C1. The fourth-order valence-electron chi connectivity index (χ4n) is 2.09.